The van der Waals surface area contributed by atoms with Crippen LogP contribution in [0.25, 0.3) is 0 Å². The molecule has 3 rings (SSSR count). The second-order valence-corrected chi connectivity index (χ2v) is 6.90. The number of pyridine rings is 1. The number of carbonyl (C=O) groups is 1. The molecule has 1 aliphatic rings. The van der Waals surface area contributed by atoms with Crippen LogP contribution in [-0.4, -0.2) is 41.5 Å². The molecular formula is C21H28N4O. The van der Waals surface area contributed by atoms with Crippen LogP contribution in [-0.2, 0) is 11.3 Å². The lowest BCUT2D eigenvalue weighted by Gasteiger charge is -2.21. The van der Waals surface area contributed by atoms with Crippen molar-refractivity contribution >= 4 is 11.6 Å². The minimum absolute atomic E-state index is 0.267. The first kappa shape index (κ1) is 18.4. The normalized spacial score (nSPS) is 17.8. The molecule has 1 fully saturated rings. The number of rotatable bonds is 7. The molecule has 2 heterocycles. The SMILES string of the molecule is Cc1cnccc1NCCNC1CCC(=O)N(Cc2ccccc2)CC1. The summed E-state index contributed by atoms with van der Waals surface area (Å²) in [6.07, 6.45) is 6.22. The number of aromatic nitrogens is 1. The van der Waals surface area contributed by atoms with Crippen LogP contribution in [0.1, 0.15) is 30.4 Å². The van der Waals surface area contributed by atoms with Crippen LogP contribution in [0, 0.1) is 6.92 Å². The Kier molecular flexibility index (Phi) is 6.61. The average Bonchev–Trinajstić information content (AvgIpc) is 2.83. The maximum absolute atomic E-state index is 12.4. The molecule has 1 amide bonds. The van der Waals surface area contributed by atoms with Crippen molar-refractivity contribution in [1.29, 1.82) is 0 Å². The van der Waals surface area contributed by atoms with Crippen molar-refractivity contribution in [3.05, 3.63) is 59.9 Å². The zero-order valence-corrected chi connectivity index (χ0v) is 15.4. The highest BCUT2D eigenvalue weighted by atomic mass is 16.2. The molecule has 5 heteroatoms. The van der Waals surface area contributed by atoms with E-state index in [9.17, 15) is 4.79 Å². The number of nitrogens with zero attached hydrogens (tertiary/aromatic N) is 2. The first-order valence-corrected chi connectivity index (χ1v) is 9.42. The van der Waals surface area contributed by atoms with E-state index in [2.05, 4.69) is 34.7 Å². The van der Waals surface area contributed by atoms with E-state index in [4.69, 9.17) is 0 Å². The molecule has 1 aromatic heterocycles. The Labute approximate surface area is 155 Å². The van der Waals surface area contributed by atoms with Crippen molar-refractivity contribution in [2.75, 3.05) is 25.0 Å². The molecule has 1 aliphatic heterocycles. The summed E-state index contributed by atoms with van der Waals surface area (Å²) in [7, 11) is 0. The topological polar surface area (TPSA) is 57.3 Å². The summed E-state index contributed by atoms with van der Waals surface area (Å²) < 4.78 is 0. The van der Waals surface area contributed by atoms with E-state index >= 15 is 0 Å². The van der Waals surface area contributed by atoms with Gasteiger partial charge in [-0.2, -0.15) is 0 Å². The fourth-order valence-electron chi connectivity index (χ4n) is 3.36. The van der Waals surface area contributed by atoms with Crippen LogP contribution < -0.4 is 10.6 Å². The fourth-order valence-corrected chi connectivity index (χ4v) is 3.36. The van der Waals surface area contributed by atoms with Crippen molar-refractivity contribution in [1.82, 2.24) is 15.2 Å². The van der Waals surface area contributed by atoms with Gasteiger partial charge in [0.15, 0.2) is 0 Å². The Morgan fingerprint density at radius 3 is 2.81 bits per heavy atom. The van der Waals surface area contributed by atoms with Crippen LogP contribution in [0.4, 0.5) is 5.69 Å². The van der Waals surface area contributed by atoms with Crippen molar-refractivity contribution in [3.8, 4) is 0 Å². The predicted molar refractivity (Wildman–Crippen MR) is 105 cm³/mol. The highest BCUT2D eigenvalue weighted by Gasteiger charge is 2.22. The molecule has 0 spiro atoms. The van der Waals surface area contributed by atoms with Crippen molar-refractivity contribution in [2.24, 2.45) is 0 Å². The quantitative estimate of drug-likeness (QED) is 0.752. The lowest BCUT2D eigenvalue weighted by molar-refractivity contribution is -0.131. The van der Waals surface area contributed by atoms with E-state index in [1.54, 1.807) is 6.20 Å². The maximum Gasteiger partial charge on any atom is 0.222 e. The van der Waals surface area contributed by atoms with E-state index in [1.807, 2.05) is 35.4 Å². The van der Waals surface area contributed by atoms with Crippen LogP contribution in [0.15, 0.2) is 48.8 Å². The fraction of sp³-hybridized carbons (Fsp3) is 0.429. The summed E-state index contributed by atoms with van der Waals surface area (Å²) in [5, 5.41) is 7.04. The van der Waals surface area contributed by atoms with Crippen LogP contribution in [0.2, 0.25) is 0 Å². The van der Waals surface area contributed by atoms with Crippen molar-refractivity contribution < 1.29 is 4.79 Å². The summed E-state index contributed by atoms with van der Waals surface area (Å²) in [5.41, 5.74) is 3.49. The first-order valence-electron chi connectivity index (χ1n) is 9.42. The number of aryl methyl sites for hydroxylation is 1. The highest BCUT2D eigenvalue weighted by molar-refractivity contribution is 5.76. The van der Waals surface area contributed by atoms with Gasteiger partial charge >= 0.3 is 0 Å². The molecule has 0 bridgehead atoms. The summed E-state index contributed by atoms with van der Waals surface area (Å²) in [6.45, 7) is 5.35. The molecule has 1 saturated heterocycles. The number of likely N-dealkylation sites (tertiary alicyclic amines) is 1. The van der Waals surface area contributed by atoms with Gasteiger partial charge in [-0.05, 0) is 37.0 Å². The molecule has 5 nitrogen and oxygen atoms in total. The lowest BCUT2D eigenvalue weighted by atomic mass is 10.1. The van der Waals surface area contributed by atoms with Crippen LogP contribution in [0.5, 0.6) is 0 Å². The molecule has 0 radical (unpaired) electrons. The molecule has 0 aliphatic carbocycles. The van der Waals surface area contributed by atoms with Gasteiger partial charge in [0.25, 0.3) is 0 Å². The number of benzene rings is 1. The first-order chi connectivity index (χ1) is 12.7. The monoisotopic (exact) mass is 352 g/mol. The van der Waals surface area contributed by atoms with E-state index in [0.717, 1.165) is 50.3 Å². The zero-order chi connectivity index (χ0) is 18.2. The largest absolute Gasteiger partial charge is 0.383 e. The third-order valence-corrected chi connectivity index (χ3v) is 4.92. The molecule has 1 aromatic carbocycles. The molecule has 26 heavy (non-hydrogen) atoms. The van der Waals surface area contributed by atoms with Gasteiger partial charge in [-0.1, -0.05) is 30.3 Å². The van der Waals surface area contributed by atoms with Gasteiger partial charge in [0.2, 0.25) is 5.91 Å². The molecular weight excluding hydrogens is 324 g/mol. The van der Waals surface area contributed by atoms with Crippen LogP contribution >= 0.6 is 0 Å². The van der Waals surface area contributed by atoms with Gasteiger partial charge in [-0.25, -0.2) is 0 Å². The van der Waals surface area contributed by atoms with Crippen molar-refractivity contribution in [3.63, 3.8) is 0 Å². The van der Waals surface area contributed by atoms with Gasteiger partial charge in [0, 0.05) is 56.7 Å². The Balaban J connectivity index is 1.42. The Morgan fingerprint density at radius 2 is 2.00 bits per heavy atom. The molecule has 138 valence electrons. The molecule has 0 saturated carbocycles. The number of carbonyl (C=O) groups excluding carboxylic acids is 1. The van der Waals surface area contributed by atoms with E-state index in [0.29, 0.717) is 12.5 Å². The summed E-state index contributed by atoms with van der Waals surface area (Å²) in [5.74, 6) is 0.267. The number of hydrogen-bond acceptors (Lipinski definition) is 4. The maximum atomic E-state index is 12.4. The third-order valence-electron chi connectivity index (χ3n) is 4.92. The number of hydrogen-bond donors (Lipinski definition) is 2. The molecule has 2 N–H and O–H groups in total. The van der Waals surface area contributed by atoms with Gasteiger partial charge in [-0.3, -0.25) is 9.78 Å². The highest BCUT2D eigenvalue weighted by Crippen LogP contribution is 2.15. The third kappa shape index (κ3) is 5.30. The van der Waals surface area contributed by atoms with Gasteiger partial charge < -0.3 is 15.5 Å². The van der Waals surface area contributed by atoms with Crippen molar-refractivity contribution in [2.45, 2.75) is 38.8 Å². The smallest absolute Gasteiger partial charge is 0.222 e. The number of amides is 1. The van der Waals surface area contributed by atoms with Gasteiger partial charge in [0.1, 0.15) is 0 Å². The van der Waals surface area contributed by atoms with Crippen LogP contribution in [0.3, 0.4) is 0 Å². The molecule has 1 unspecified atom stereocenters. The second-order valence-electron chi connectivity index (χ2n) is 6.90. The molecule has 1 atom stereocenters. The average molecular weight is 352 g/mol. The Hall–Kier alpha value is -2.40. The lowest BCUT2D eigenvalue weighted by Crippen LogP contribution is -2.34. The van der Waals surface area contributed by atoms with E-state index < -0.39 is 0 Å². The minimum atomic E-state index is 0.267. The summed E-state index contributed by atoms with van der Waals surface area (Å²) in [6, 6.07) is 12.6. The number of nitrogens with one attached hydrogen (secondary N) is 2. The second kappa shape index (κ2) is 9.34. The van der Waals surface area contributed by atoms with E-state index in [-0.39, 0.29) is 5.91 Å². The van der Waals surface area contributed by atoms with Gasteiger partial charge in [-0.15, -0.1) is 0 Å². The Morgan fingerprint density at radius 1 is 1.15 bits per heavy atom. The summed E-state index contributed by atoms with van der Waals surface area (Å²) >= 11 is 0. The zero-order valence-electron chi connectivity index (χ0n) is 15.4. The van der Waals surface area contributed by atoms with E-state index in [1.165, 1.54) is 5.56 Å². The standard InChI is InChI=1S/C21H28N4O/c1-17-15-22-11-9-20(17)24-13-12-23-19-7-8-21(26)25(14-10-19)16-18-5-3-2-4-6-18/h2-6,9,11,15,19,23H,7-8,10,12-14,16H2,1H3,(H,22,24). The molecule has 2 aromatic rings. The number of anilines is 1. The summed E-state index contributed by atoms with van der Waals surface area (Å²) in [4.78, 5) is 18.5. The predicted octanol–water partition coefficient (Wildman–Crippen LogP) is 2.97. The van der Waals surface area contributed by atoms with Gasteiger partial charge in [0.05, 0.1) is 0 Å². The minimum Gasteiger partial charge on any atom is -0.383 e. The Bertz CT molecular complexity index is 704.